The van der Waals surface area contributed by atoms with Crippen molar-refractivity contribution in [2.45, 2.75) is 31.7 Å². The van der Waals surface area contributed by atoms with Gasteiger partial charge >= 0.3 is 0 Å². The molecule has 0 aliphatic heterocycles. The van der Waals surface area contributed by atoms with Crippen molar-refractivity contribution < 1.29 is 14.3 Å². The average Bonchev–Trinajstić information content (AvgIpc) is 3.26. The average molecular weight is 491 g/mol. The van der Waals surface area contributed by atoms with Gasteiger partial charge in [0.2, 0.25) is 5.16 Å². The fourth-order valence-corrected chi connectivity index (χ4v) is 4.27. The molecule has 0 fully saturated rings. The second-order valence-electron chi connectivity index (χ2n) is 7.81. The highest BCUT2D eigenvalue weighted by Crippen LogP contribution is 2.24. The maximum Gasteiger partial charge on any atom is 0.257 e. The molecule has 0 radical (unpaired) electrons. The van der Waals surface area contributed by atoms with Gasteiger partial charge in [-0.25, -0.2) is 9.50 Å². The minimum Gasteiger partial charge on any atom is -0.484 e. The van der Waals surface area contributed by atoms with Crippen molar-refractivity contribution in [2.75, 3.05) is 18.5 Å². The number of benzene rings is 2. The first kappa shape index (κ1) is 24.2. The molecule has 2 aromatic heterocycles. The Hall–Kier alpha value is -3.92. The van der Waals surface area contributed by atoms with Gasteiger partial charge in [-0.3, -0.25) is 9.59 Å². The quantitative estimate of drug-likeness (QED) is 0.343. The Bertz CT molecular complexity index is 1350. The van der Waals surface area contributed by atoms with Gasteiger partial charge in [0.25, 0.3) is 17.6 Å². The zero-order chi connectivity index (χ0) is 24.8. The van der Waals surface area contributed by atoms with E-state index < -0.39 is 0 Å². The number of carbonyl (C=O) groups excluding carboxylic acids is 2. The largest absolute Gasteiger partial charge is 0.484 e. The van der Waals surface area contributed by atoms with Gasteiger partial charge in [-0.1, -0.05) is 30.0 Å². The fraction of sp³-hybridized carbons (Fsp3) is 0.240. The molecular formula is C25H26N6O3S. The Labute approximate surface area is 207 Å². The number of fused-ring (bicyclic) bond motifs is 1. The highest BCUT2D eigenvalue weighted by atomic mass is 32.2. The Morgan fingerprint density at radius 2 is 1.83 bits per heavy atom. The molecule has 35 heavy (non-hydrogen) atoms. The first-order chi connectivity index (χ1) is 16.9. The van der Waals surface area contributed by atoms with Crippen LogP contribution in [0.25, 0.3) is 5.78 Å². The van der Waals surface area contributed by atoms with Gasteiger partial charge in [-0.2, -0.15) is 4.98 Å². The van der Waals surface area contributed by atoms with E-state index in [4.69, 9.17) is 4.74 Å². The van der Waals surface area contributed by atoms with Gasteiger partial charge in [-0.15, -0.1) is 5.10 Å². The number of aryl methyl sites for hydroxylation is 2. The van der Waals surface area contributed by atoms with Crippen molar-refractivity contribution in [2.24, 2.45) is 0 Å². The van der Waals surface area contributed by atoms with Crippen molar-refractivity contribution in [1.82, 2.24) is 24.9 Å². The fourth-order valence-electron chi connectivity index (χ4n) is 3.45. The zero-order valence-electron chi connectivity index (χ0n) is 19.7. The summed E-state index contributed by atoms with van der Waals surface area (Å²) in [5, 5.41) is 10.7. The van der Waals surface area contributed by atoms with E-state index in [2.05, 4.69) is 25.7 Å². The van der Waals surface area contributed by atoms with Crippen LogP contribution in [0.3, 0.4) is 0 Å². The summed E-state index contributed by atoms with van der Waals surface area (Å²) in [5.74, 6) is 1.25. The number of amides is 2. The molecule has 0 saturated carbocycles. The standard InChI is InChI=1S/C25H26N6O3S/c1-4-26-22(32)14-34-20-11-9-19(10-12-20)28-23(33)21-8-6-5-7-18(21)15-35-25-29-24-27-16(2)13-17(3)31(24)30-25/h5-13H,4,14-15H2,1-3H3,(H,26,32)(H,28,33). The van der Waals surface area contributed by atoms with Crippen molar-refractivity contribution in [1.29, 1.82) is 0 Å². The predicted molar refractivity (Wildman–Crippen MR) is 135 cm³/mol. The summed E-state index contributed by atoms with van der Waals surface area (Å²) in [7, 11) is 0. The van der Waals surface area contributed by atoms with E-state index in [0.717, 1.165) is 17.0 Å². The highest BCUT2D eigenvalue weighted by Gasteiger charge is 2.14. The van der Waals surface area contributed by atoms with Gasteiger partial charge in [0.05, 0.1) is 0 Å². The number of ether oxygens (including phenoxy) is 1. The maximum absolute atomic E-state index is 13.0. The van der Waals surface area contributed by atoms with Gasteiger partial charge in [-0.05, 0) is 62.7 Å². The van der Waals surface area contributed by atoms with E-state index in [9.17, 15) is 9.59 Å². The molecule has 9 nitrogen and oxygen atoms in total. The number of carbonyl (C=O) groups is 2. The molecule has 0 unspecified atom stereocenters. The van der Waals surface area contributed by atoms with E-state index in [1.807, 2.05) is 45.0 Å². The van der Waals surface area contributed by atoms with E-state index in [1.165, 1.54) is 11.8 Å². The molecular weight excluding hydrogens is 464 g/mol. The smallest absolute Gasteiger partial charge is 0.257 e. The van der Waals surface area contributed by atoms with Gasteiger partial charge in [0.1, 0.15) is 5.75 Å². The first-order valence-corrected chi connectivity index (χ1v) is 12.1. The van der Waals surface area contributed by atoms with Gasteiger partial charge in [0.15, 0.2) is 6.61 Å². The lowest BCUT2D eigenvalue weighted by Gasteiger charge is -2.11. The van der Waals surface area contributed by atoms with E-state index in [-0.39, 0.29) is 18.4 Å². The summed E-state index contributed by atoms with van der Waals surface area (Å²) in [4.78, 5) is 33.4. The number of rotatable bonds is 9. The van der Waals surface area contributed by atoms with Crippen LogP contribution in [-0.2, 0) is 10.5 Å². The topological polar surface area (TPSA) is 111 Å². The van der Waals surface area contributed by atoms with Crippen molar-refractivity contribution in [3.63, 3.8) is 0 Å². The molecule has 0 aliphatic rings. The molecule has 4 rings (SSSR count). The number of likely N-dealkylation sites (N-methyl/N-ethyl adjacent to an activating group) is 1. The normalized spacial score (nSPS) is 10.8. The number of hydrogen-bond acceptors (Lipinski definition) is 7. The molecule has 0 aliphatic carbocycles. The van der Waals surface area contributed by atoms with Crippen molar-refractivity contribution >= 4 is 35.0 Å². The summed E-state index contributed by atoms with van der Waals surface area (Å²) in [6, 6.07) is 16.3. The summed E-state index contributed by atoms with van der Waals surface area (Å²) < 4.78 is 7.17. The van der Waals surface area contributed by atoms with Crippen LogP contribution in [0.4, 0.5) is 5.69 Å². The third kappa shape index (κ3) is 6.15. The molecule has 0 spiro atoms. The number of thioether (sulfide) groups is 1. The lowest BCUT2D eigenvalue weighted by Crippen LogP contribution is -2.28. The Morgan fingerprint density at radius 3 is 2.60 bits per heavy atom. The van der Waals surface area contributed by atoms with Crippen LogP contribution in [0.15, 0.2) is 59.8 Å². The monoisotopic (exact) mass is 490 g/mol. The summed E-state index contributed by atoms with van der Waals surface area (Å²) in [5.41, 5.74) is 3.93. The lowest BCUT2D eigenvalue weighted by molar-refractivity contribution is -0.122. The molecule has 0 atom stereocenters. The zero-order valence-corrected chi connectivity index (χ0v) is 20.6. The minimum absolute atomic E-state index is 0.0546. The van der Waals surface area contributed by atoms with Crippen LogP contribution in [0.1, 0.15) is 34.2 Å². The molecule has 2 N–H and O–H groups in total. The molecule has 2 aromatic carbocycles. The Morgan fingerprint density at radius 1 is 1.06 bits per heavy atom. The Balaban J connectivity index is 1.40. The summed E-state index contributed by atoms with van der Waals surface area (Å²) >= 11 is 1.45. The maximum atomic E-state index is 13.0. The van der Waals surface area contributed by atoms with Crippen LogP contribution >= 0.6 is 11.8 Å². The molecule has 10 heteroatoms. The number of hydrogen-bond donors (Lipinski definition) is 2. The number of nitrogens with zero attached hydrogens (tertiary/aromatic N) is 4. The Kier molecular flexibility index (Phi) is 7.61. The van der Waals surface area contributed by atoms with Crippen LogP contribution in [0.2, 0.25) is 0 Å². The van der Waals surface area contributed by atoms with Crippen LogP contribution in [0.5, 0.6) is 5.75 Å². The minimum atomic E-state index is -0.215. The molecule has 2 heterocycles. The third-order valence-electron chi connectivity index (χ3n) is 5.07. The van der Waals surface area contributed by atoms with Gasteiger partial charge in [0, 0.05) is 34.9 Å². The van der Waals surface area contributed by atoms with Crippen LogP contribution in [0, 0.1) is 13.8 Å². The number of anilines is 1. The van der Waals surface area contributed by atoms with E-state index >= 15 is 0 Å². The number of aromatic nitrogens is 4. The molecule has 4 aromatic rings. The van der Waals surface area contributed by atoms with Gasteiger partial charge < -0.3 is 15.4 Å². The van der Waals surface area contributed by atoms with Crippen LogP contribution < -0.4 is 15.4 Å². The molecule has 180 valence electrons. The van der Waals surface area contributed by atoms with Crippen molar-refractivity contribution in [3.05, 3.63) is 77.1 Å². The van der Waals surface area contributed by atoms with E-state index in [0.29, 0.717) is 40.2 Å². The van der Waals surface area contributed by atoms with Crippen LogP contribution in [-0.4, -0.2) is 44.5 Å². The predicted octanol–water partition coefficient (Wildman–Crippen LogP) is 3.80. The second-order valence-corrected chi connectivity index (χ2v) is 8.75. The molecule has 2 amide bonds. The van der Waals surface area contributed by atoms with Crippen molar-refractivity contribution in [3.8, 4) is 5.75 Å². The van der Waals surface area contributed by atoms with E-state index in [1.54, 1.807) is 34.8 Å². The first-order valence-electron chi connectivity index (χ1n) is 11.2. The SMILES string of the molecule is CCNC(=O)COc1ccc(NC(=O)c2ccccc2CSc2nc3nc(C)cc(C)n3n2)cc1. The number of nitrogens with one attached hydrogen (secondary N) is 2. The summed E-state index contributed by atoms with van der Waals surface area (Å²) in [6.07, 6.45) is 0. The molecule has 0 bridgehead atoms. The molecule has 0 saturated heterocycles. The summed E-state index contributed by atoms with van der Waals surface area (Å²) in [6.45, 7) is 6.24. The second kappa shape index (κ2) is 11.0. The third-order valence-corrected chi connectivity index (χ3v) is 5.96. The highest BCUT2D eigenvalue weighted by molar-refractivity contribution is 7.98. The lowest BCUT2D eigenvalue weighted by atomic mass is 10.1.